The molecular weight excluding hydrogens is 462 g/mol. The van der Waals surface area contributed by atoms with Crippen LogP contribution < -0.4 is 4.74 Å². The second-order valence-electron chi connectivity index (χ2n) is 9.27. The second-order valence-corrected chi connectivity index (χ2v) is 11.2. The average Bonchev–Trinajstić information content (AvgIpc) is 2.83. The maximum Gasteiger partial charge on any atom is 0.243 e. The minimum Gasteiger partial charge on any atom is -0.493 e. The zero-order valence-electron chi connectivity index (χ0n) is 19.1. The van der Waals surface area contributed by atoms with Gasteiger partial charge < -0.3 is 9.64 Å². The fourth-order valence-electron chi connectivity index (χ4n) is 4.84. The average molecular weight is 493 g/mol. The summed E-state index contributed by atoms with van der Waals surface area (Å²) in [6.07, 6.45) is 4.31. The molecule has 1 amide bonds. The highest BCUT2D eigenvalue weighted by molar-refractivity contribution is 7.89. The van der Waals surface area contributed by atoms with Crippen LogP contribution in [0.5, 0.6) is 5.75 Å². The van der Waals surface area contributed by atoms with E-state index >= 15 is 0 Å². The molecule has 2 saturated heterocycles. The summed E-state index contributed by atoms with van der Waals surface area (Å²) in [6.45, 7) is 1.84. The lowest BCUT2D eigenvalue weighted by atomic mass is 9.78. The Labute approximate surface area is 199 Å². The number of likely N-dealkylation sites (tertiary alicyclic amines) is 1. The van der Waals surface area contributed by atoms with E-state index in [4.69, 9.17) is 4.74 Å². The molecule has 0 saturated carbocycles. The smallest absolute Gasteiger partial charge is 0.243 e. The summed E-state index contributed by atoms with van der Waals surface area (Å²) in [5.41, 5.74) is -0.748. The molecule has 0 bridgehead atoms. The van der Waals surface area contributed by atoms with Crippen LogP contribution in [0.1, 0.15) is 38.5 Å². The number of benzene rings is 2. The molecule has 2 aliphatic rings. The zero-order chi connectivity index (χ0) is 24.2. The summed E-state index contributed by atoms with van der Waals surface area (Å²) < 4.78 is 61.4. The number of sulfonamides is 1. The molecule has 0 aromatic heterocycles. The van der Waals surface area contributed by atoms with Gasteiger partial charge in [0.2, 0.25) is 15.9 Å². The van der Waals surface area contributed by atoms with Gasteiger partial charge in [0.05, 0.1) is 11.5 Å². The lowest BCUT2D eigenvalue weighted by Gasteiger charge is -2.42. The third kappa shape index (κ3) is 5.75. The Kier molecular flexibility index (Phi) is 7.52. The first-order valence-corrected chi connectivity index (χ1v) is 13.1. The topological polar surface area (TPSA) is 66.9 Å². The number of nitrogens with zero attached hydrogens (tertiary/aromatic N) is 2. The number of piperidine rings is 2. The number of hydrogen-bond acceptors (Lipinski definition) is 4. The van der Waals surface area contributed by atoms with Crippen molar-refractivity contribution in [3.63, 3.8) is 0 Å². The van der Waals surface area contributed by atoms with Crippen molar-refractivity contribution in [1.82, 2.24) is 9.21 Å². The molecule has 2 aromatic rings. The first-order valence-electron chi connectivity index (χ1n) is 11.7. The number of hydrogen-bond donors (Lipinski definition) is 0. The first-order chi connectivity index (χ1) is 16.3. The van der Waals surface area contributed by atoms with E-state index in [1.54, 1.807) is 0 Å². The van der Waals surface area contributed by atoms with Gasteiger partial charge in [0.25, 0.3) is 0 Å². The molecule has 2 heterocycles. The number of rotatable bonds is 7. The highest BCUT2D eigenvalue weighted by Gasteiger charge is 2.43. The SMILES string of the molecule is O=C(CC1(COc2ccccc2)CCCN(S(=O)(=O)c2cc(F)cc(F)c2)C1)N1CCCCC1. The van der Waals surface area contributed by atoms with Crippen molar-refractivity contribution < 1.29 is 26.7 Å². The van der Waals surface area contributed by atoms with Crippen molar-refractivity contribution in [2.45, 2.75) is 43.4 Å². The van der Waals surface area contributed by atoms with Gasteiger partial charge >= 0.3 is 0 Å². The van der Waals surface area contributed by atoms with Gasteiger partial charge in [-0.15, -0.1) is 0 Å². The van der Waals surface area contributed by atoms with Gasteiger partial charge in [-0.1, -0.05) is 18.2 Å². The Bertz CT molecular complexity index is 1090. The van der Waals surface area contributed by atoms with Crippen molar-refractivity contribution in [2.75, 3.05) is 32.8 Å². The Morgan fingerprint density at radius 2 is 1.62 bits per heavy atom. The van der Waals surface area contributed by atoms with E-state index in [9.17, 15) is 22.0 Å². The van der Waals surface area contributed by atoms with E-state index in [1.165, 1.54) is 4.31 Å². The zero-order valence-corrected chi connectivity index (χ0v) is 19.9. The van der Waals surface area contributed by atoms with E-state index in [2.05, 4.69) is 0 Å². The molecule has 0 N–H and O–H groups in total. The van der Waals surface area contributed by atoms with Crippen LogP contribution in [0.15, 0.2) is 53.4 Å². The van der Waals surface area contributed by atoms with Crippen molar-refractivity contribution in [1.29, 1.82) is 0 Å². The molecule has 0 radical (unpaired) electrons. The van der Waals surface area contributed by atoms with Gasteiger partial charge in [0.15, 0.2) is 0 Å². The third-order valence-electron chi connectivity index (χ3n) is 6.62. The van der Waals surface area contributed by atoms with Crippen LogP contribution in [0.3, 0.4) is 0 Å². The van der Waals surface area contributed by atoms with Crippen LogP contribution in [0.2, 0.25) is 0 Å². The lowest BCUT2D eigenvalue weighted by molar-refractivity contribution is -0.136. The Morgan fingerprint density at radius 1 is 0.941 bits per heavy atom. The molecule has 184 valence electrons. The summed E-state index contributed by atoms with van der Waals surface area (Å²) in [7, 11) is -4.15. The van der Waals surface area contributed by atoms with Crippen LogP contribution in [-0.4, -0.2) is 56.3 Å². The molecule has 1 atom stereocenters. The quantitative estimate of drug-likeness (QED) is 0.581. The summed E-state index contributed by atoms with van der Waals surface area (Å²) in [5, 5.41) is 0. The Hall–Kier alpha value is -2.52. The minimum absolute atomic E-state index is 0.00703. The van der Waals surface area contributed by atoms with Crippen molar-refractivity contribution >= 4 is 15.9 Å². The van der Waals surface area contributed by atoms with Crippen LogP contribution in [0.4, 0.5) is 8.78 Å². The molecule has 1 unspecified atom stereocenters. The Morgan fingerprint density at radius 3 is 2.29 bits per heavy atom. The van der Waals surface area contributed by atoms with Crippen molar-refractivity contribution in [2.24, 2.45) is 5.41 Å². The number of ether oxygens (including phenoxy) is 1. The van der Waals surface area contributed by atoms with E-state index in [0.29, 0.717) is 37.7 Å². The second kappa shape index (κ2) is 10.4. The van der Waals surface area contributed by atoms with E-state index in [-0.39, 0.29) is 32.0 Å². The maximum atomic E-state index is 13.8. The predicted molar refractivity (Wildman–Crippen MR) is 124 cm³/mol. The summed E-state index contributed by atoms with van der Waals surface area (Å²) in [4.78, 5) is 14.6. The van der Waals surface area contributed by atoms with Gasteiger partial charge in [-0.05, 0) is 56.4 Å². The molecule has 2 fully saturated rings. The minimum atomic E-state index is -4.15. The largest absolute Gasteiger partial charge is 0.493 e. The molecular formula is C25H30F2N2O4S. The van der Waals surface area contributed by atoms with Crippen LogP contribution >= 0.6 is 0 Å². The standard InChI is InChI=1S/C25H30F2N2O4S/c26-20-14-21(27)16-23(15-20)34(31,32)29-13-7-10-25(18-29,19-33-22-8-3-1-4-9-22)17-24(30)28-11-5-2-6-12-28/h1,3-4,8-9,14-16H,2,5-7,10-13,17-19H2. The fraction of sp³-hybridized carbons (Fsp3) is 0.480. The highest BCUT2D eigenvalue weighted by Crippen LogP contribution is 2.37. The van der Waals surface area contributed by atoms with Crippen LogP contribution in [0.25, 0.3) is 0 Å². The summed E-state index contributed by atoms with van der Waals surface area (Å²) in [6, 6.07) is 11.5. The van der Waals surface area contributed by atoms with Crippen LogP contribution in [0, 0.1) is 17.0 Å². The summed E-state index contributed by atoms with van der Waals surface area (Å²) >= 11 is 0. The third-order valence-corrected chi connectivity index (χ3v) is 8.45. The first kappa shape index (κ1) is 24.6. The maximum absolute atomic E-state index is 13.8. The highest BCUT2D eigenvalue weighted by atomic mass is 32.2. The number of para-hydroxylation sites is 1. The molecule has 6 nitrogen and oxygen atoms in total. The molecule has 9 heteroatoms. The predicted octanol–water partition coefficient (Wildman–Crippen LogP) is 4.22. The number of carbonyl (C=O) groups is 1. The van der Waals surface area contributed by atoms with Crippen LogP contribution in [-0.2, 0) is 14.8 Å². The van der Waals surface area contributed by atoms with Gasteiger partial charge in [0, 0.05) is 44.1 Å². The van der Waals surface area contributed by atoms with E-state index < -0.39 is 32.0 Å². The fourth-order valence-corrected chi connectivity index (χ4v) is 6.47. The van der Waals surface area contributed by atoms with Crippen molar-refractivity contribution in [3.8, 4) is 5.75 Å². The van der Waals surface area contributed by atoms with E-state index in [1.807, 2.05) is 35.2 Å². The number of amides is 1. The molecule has 0 aliphatic carbocycles. The number of halogens is 2. The normalized spacial score (nSPS) is 21.9. The summed E-state index contributed by atoms with van der Waals surface area (Å²) in [5.74, 6) is -1.27. The van der Waals surface area contributed by atoms with Gasteiger partial charge in [-0.2, -0.15) is 4.31 Å². The monoisotopic (exact) mass is 492 g/mol. The molecule has 4 rings (SSSR count). The van der Waals surface area contributed by atoms with E-state index in [0.717, 1.165) is 31.4 Å². The van der Waals surface area contributed by atoms with Crippen molar-refractivity contribution in [3.05, 3.63) is 60.2 Å². The molecule has 34 heavy (non-hydrogen) atoms. The van der Waals surface area contributed by atoms with Gasteiger partial charge in [0.1, 0.15) is 17.4 Å². The molecule has 0 spiro atoms. The number of carbonyl (C=O) groups excluding carboxylic acids is 1. The van der Waals surface area contributed by atoms with Gasteiger partial charge in [-0.25, -0.2) is 17.2 Å². The van der Waals surface area contributed by atoms with Gasteiger partial charge in [-0.3, -0.25) is 4.79 Å². The lowest BCUT2D eigenvalue weighted by Crippen LogP contribution is -2.51. The molecule has 2 aliphatic heterocycles. The molecule has 2 aromatic carbocycles. The Balaban J connectivity index is 1.59.